The third kappa shape index (κ3) is 6.01. The highest BCUT2D eigenvalue weighted by molar-refractivity contribution is 7.55. The number of amides is 1. The van der Waals surface area contributed by atoms with Gasteiger partial charge in [0.15, 0.2) is 11.7 Å². The number of hydrogen-bond acceptors (Lipinski definition) is 5. The van der Waals surface area contributed by atoms with E-state index < -0.39 is 19.5 Å². The van der Waals surface area contributed by atoms with E-state index in [4.69, 9.17) is 20.2 Å². The summed E-state index contributed by atoms with van der Waals surface area (Å²) >= 11 is 0. The van der Waals surface area contributed by atoms with Crippen molar-refractivity contribution in [3.8, 4) is 11.5 Å². The molecular formula is C21H21N4O5P. The highest BCUT2D eigenvalue weighted by Crippen LogP contribution is 2.59. The molecule has 0 spiro atoms. The number of rotatable bonds is 8. The minimum atomic E-state index is -4.17. The van der Waals surface area contributed by atoms with Gasteiger partial charge in [-0.2, -0.15) is 0 Å². The highest BCUT2D eigenvalue weighted by Gasteiger charge is 2.42. The van der Waals surface area contributed by atoms with Crippen molar-refractivity contribution in [1.82, 2.24) is 5.32 Å². The molecule has 3 aromatic rings. The van der Waals surface area contributed by atoms with E-state index in [0.29, 0.717) is 11.3 Å². The first-order valence-corrected chi connectivity index (χ1v) is 10.8. The van der Waals surface area contributed by atoms with E-state index in [1.54, 1.807) is 84.9 Å². The SMILES string of the molecule is N=C(N)Nc1ccc(C(NC(=O)O)P(=O)(Oc2ccccc2)Oc2ccccc2)cc1. The number of hydrogen-bond donors (Lipinski definition) is 5. The monoisotopic (exact) mass is 440 g/mol. The van der Waals surface area contributed by atoms with Crippen LogP contribution in [0.3, 0.4) is 0 Å². The Morgan fingerprint density at radius 2 is 1.39 bits per heavy atom. The molecule has 0 aliphatic heterocycles. The van der Waals surface area contributed by atoms with Gasteiger partial charge >= 0.3 is 13.7 Å². The van der Waals surface area contributed by atoms with Crippen molar-refractivity contribution in [3.63, 3.8) is 0 Å². The van der Waals surface area contributed by atoms with E-state index in [1.165, 1.54) is 0 Å². The zero-order valence-electron chi connectivity index (χ0n) is 16.3. The molecule has 0 saturated carbocycles. The summed E-state index contributed by atoms with van der Waals surface area (Å²) in [5.41, 5.74) is 6.17. The highest BCUT2D eigenvalue weighted by atomic mass is 31.2. The summed E-state index contributed by atoms with van der Waals surface area (Å²) in [6.45, 7) is 0. The number of para-hydroxylation sites is 2. The van der Waals surface area contributed by atoms with E-state index in [2.05, 4.69) is 10.6 Å². The predicted octanol–water partition coefficient (Wildman–Crippen LogP) is 4.61. The van der Waals surface area contributed by atoms with Crippen LogP contribution in [0.1, 0.15) is 11.3 Å². The summed E-state index contributed by atoms with van der Waals surface area (Å²) in [5, 5.41) is 21.6. The fraction of sp³-hybridized carbons (Fsp3) is 0.0476. The van der Waals surface area contributed by atoms with Crippen molar-refractivity contribution in [1.29, 1.82) is 5.41 Å². The summed E-state index contributed by atoms with van der Waals surface area (Å²) < 4.78 is 25.5. The van der Waals surface area contributed by atoms with Crippen molar-refractivity contribution < 1.29 is 23.5 Å². The summed E-state index contributed by atoms with van der Waals surface area (Å²) in [4.78, 5) is 11.5. The van der Waals surface area contributed by atoms with E-state index in [-0.39, 0.29) is 17.5 Å². The van der Waals surface area contributed by atoms with E-state index in [1.807, 2.05) is 0 Å². The summed E-state index contributed by atoms with van der Waals surface area (Å²) in [7, 11) is -4.17. The first kappa shape index (κ1) is 21.7. The summed E-state index contributed by atoms with van der Waals surface area (Å²) in [5.74, 6) is -1.07. The zero-order valence-corrected chi connectivity index (χ0v) is 17.2. The topological polar surface area (TPSA) is 147 Å². The van der Waals surface area contributed by atoms with Crippen LogP contribution in [0.5, 0.6) is 11.5 Å². The Kier molecular flexibility index (Phi) is 6.79. The van der Waals surface area contributed by atoms with Crippen LogP contribution in [0.25, 0.3) is 0 Å². The fourth-order valence-electron chi connectivity index (χ4n) is 2.75. The first-order valence-electron chi connectivity index (χ1n) is 9.15. The average Bonchev–Trinajstić information content (AvgIpc) is 2.73. The average molecular weight is 440 g/mol. The Morgan fingerprint density at radius 3 is 1.81 bits per heavy atom. The summed E-state index contributed by atoms with van der Waals surface area (Å²) in [6, 6.07) is 22.9. The molecule has 0 saturated heterocycles. The second kappa shape index (κ2) is 9.69. The number of anilines is 1. The molecule has 160 valence electrons. The first-order chi connectivity index (χ1) is 14.9. The molecule has 0 aromatic heterocycles. The zero-order chi connectivity index (χ0) is 22.3. The lowest BCUT2D eigenvalue weighted by Crippen LogP contribution is -2.29. The van der Waals surface area contributed by atoms with Gasteiger partial charge in [0, 0.05) is 5.69 Å². The maximum absolute atomic E-state index is 14.0. The fourth-order valence-corrected chi connectivity index (χ4v) is 4.63. The molecule has 0 bridgehead atoms. The molecule has 9 nitrogen and oxygen atoms in total. The van der Waals surface area contributed by atoms with Crippen LogP contribution in [-0.2, 0) is 4.57 Å². The third-order valence-electron chi connectivity index (χ3n) is 4.03. The number of carboxylic acid groups (broad SMARTS) is 1. The lowest BCUT2D eigenvalue weighted by molar-refractivity contribution is 0.191. The molecule has 3 aromatic carbocycles. The van der Waals surface area contributed by atoms with Gasteiger partial charge in [-0.3, -0.25) is 5.41 Å². The second-order valence-corrected chi connectivity index (χ2v) is 8.32. The van der Waals surface area contributed by atoms with Gasteiger partial charge in [0.05, 0.1) is 0 Å². The molecule has 0 radical (unpaired) electrons. The molecule has 0 aliphatic rings. The Morgan fingerprint density at radius 1 is 0.903 bits per heavy atom. The second-order valence-electron chi connectivity index (χ2n) is 6.36. The molecule has 1 unspecified atom stereocenters. The Bertz CT molecular complexity index is 1030. The van der Waals surface area contributed by atoms with Crippen molar-refractivity contribution in [2.24, 2.45) is 5.73 Å². The molecule has 3 rings (SSSR count). The third-order valence-corrected chi connectivity index (χ3v) is 6.02. The van der Waals surface area contributed by atoms with Crippen molar-refractivity contribution in [3.05, 3.63) is 90.5 Å². The van der Waals surface area contributed by atoms with Crippen molar-refractivity contribution in [2.45, 2.75) is 5.78 Å². The van der Waals surface area contributed by atoms with Crippen LogP contribution in [0.2, 0.25) is 0 Å². The minimum Gasteiger partial charge on any atom is -0.465 e. The Labute approximate surface area is 178 Å². The van der Waals surface area contributed by atoms with Crippen LogP contribution in [0.15, 0.2) is 84.9 Å². The molecule has 0 aliphatic carbocycles. The standard InChI is InChI=1S/C21H21N4O5P/c22-20(23)24-16-13-11-15(12-14-16)19(25-21(26)27)31(28,29-17-7-3-1-4-8-17)30-18-9-5-2-6-10-18/h1-14,19,25H,(H,26,27)(H4,22,23,24). The van der Waals surface area contributed by atoms with Crippen molar-refractivity contribution >= 4 is 25.3 Å². The van der Waals surface area contributed by atoms with Gasteiger partial charge in [-0.1, -0.05) is 48.5 Å². The van der Waals surface area contributed by atoms with E-state index in [9.17, 15) is 14.5 Å². The van der Waals surface area contributed by atoms with Gasteiger partial charge in [0.1, 0.15) is 11.5 Å². The molecule has 1 atom stereocenters. The molecular weight excluding hydrogens is 419 g/mol. The van der Waals surface area contributed by atoms with Crippen LogP contribution in [0, 0.1) is 5.41 Å². The number of guanidine groups is 1. The lowest BCUT2D eigenvalue weighted by atomic mass is 10.2. The largest absolute Gasteiger partial charge is 0.465 e. The quantitative estimate of drug-likeness (QED) is 0.195. The number of nitrogens with two attached hydrogens (primary N) is 1. The van der Waals surface area contributed by atoms with E-state index in [0.717, 1.165) is 0 Å². The van der Waals surface area contributed by atoms with Gasteiger partial charge < -0.3 is 30.5 Å². The molecule has 31 heavy (non-hydrogen) atoms. The maximum atomic E-state index is 14.0. The minimum absolute atomic E-state index is 0.251. The number of carbonyl (C=O) groups is 1. The predicted molar refractivity (Wildman–Crippen MR) is 118 cm³/mol. The van der Waals surface area contributed by atoms with Gasteiger partial charge in [0.25, 0.3) is 0 Å². The van der Waals surface area contributed by atoms with Gasteiger partial charge in [-0.15, -0.1) is 0 Å². The lowest BCUT2D eigenvalue weighted by Gasteiger charge is -2.27. The van der Waals surface area contributed by atoms with Gasteiger partial charge in [-0.05, 0) is 42.0 Å². The van der Waals surface area contributed by atoms with Gasteiger partial charge in [0.2, 0.25) is 0 Å². The van der Waals surface area contributed by atoms with Gasteiger partial charge in [-0.25, -0.2) is 9.36 Å². The maximum Gasteiger partial charge on any atom is 0.457 e. The molecule has 10 heteroatoms. The summed E-state index contributed by atoms with van der Waals surface area (Å²) in [6.07, 6.45) is -1.40. The number of nitrogens with one attached hydrogen (secondary N) is 3. The van der Waals surface area contributed by atoms with Crippen LogP contribution >= 0.6 is 7.60 Å². The molecule has 6 N–H and O–H groups in total. The molecule has 0 heterocycles. The Hall–Kier alpha value is -3.97. The molecule has 1 amide bonds. The smallest absolute Gasteiger partial charge is 0.457 e. The van der Waals surface area contributed by atoms with E-state index >= 15 is 0 Å². The normalized spacial score (nSPS) is 11.7. The Balaban J connectivity index is 2.03. The molecule has 0 fully saturated rings. The number of benzene rings is 3. The van der Waals surface area contributed by atoms with Crippen molar-refractivity contribution in [2.75, 3.05) is 5.32 Å². The van der Waals surface area contributed by atoms with Crippen LogP contribution < -0.4 is 25.4 Å². The van der Waals surface area contributed by atoms with Crippen LogP contribution in [0.4, 0.5) is 10.5 Å². The van der Waals surface area contributed by atoms with Crippen LogP contribution in [-0.4, -0.2) is 17.2 Å².